The lowest BCUT2D eigenvalue weighted by Crippen LogP contribution is -3.13. The third-order valence-corrected chi connectivity index (χ3v) is 3.97. The summed E-state index contributed by atoms with van der Waals surface area (Å²) in [7, 11) is 0. The van der Waals surface area contributed by atoms with Crippen molar-refractivity contribution >= 4 is 28.7 Å². The van der Waals surface area contributed by atoms with E-state index in [-0.39, 0.29) is 0 Å². The minimum atomic E-state index is 0.841. The summed E-state index contributed by atoms with van der Waals surface area (Å²) in [5.74, 6) is 0. The molecule has 0 aromatic carbocycles. The van der Waals surface area contributed by atoms with Crippen molar-refractivity contribution in [3.63, 3.8) is 0 Å². The maximum Gasteiger partial charge on any atom is 0.204 e. The molecule has 1 fully saturated rings. The van der Waals surface area contributed by atoms with Crippen LogP contribution in [0, 0.1) is 3.95 Å². The zero-order valence-corrected chi connectivity index (χ0v) is 11.7. The van der Waals surface area contributed by atoms with E-state index in [1.807, 2.05) is 4.68 Å². The van der Waals surface area contributed by atoms with Gasteiger partial charge >= 0.3 is 0 Å². The second-order valence-electron chi connectivity index (χ2n) is 4.12. The van der Waals surface area contributed by atoms with Crippen LogP contribution in [0.15, 0.2) is 0 Å². The number of anilines is 1. The first-order chi connectivity index (χ1) is 8.29. The number of ether oxygens (including phenoxy) is 1. The molecule has 1 saturated heterocycles. The summed E-state index contributed by atoms with van der Waals surface area (Å²) >= 11 is 6.88. The summed E-state index contributed by atoms with van der Waals surface area (Å²) in [4.78, 5) is 1.49. The predicted octanol–water partition coefficient (Wildman–Crippen LogP) is 0.369. The summed E-state index contributed by atoms with van der Waals surface area (Å²) in [6.45, 7) is 7.70. The molecule has 0 radical (unpaired) electrons. The van der Waals surface area contributed by atoms with Crippen LogP contribution in [0.3, 0.4) is 0 Å². The van der Waals surface area contributed by atoms with Crippen molar-refractivity contribution in [2.75, 3.05) is 38.2 Å². The number of nitrogens with zero attached hydrogens (tertiary/aromatic N) is 2. The Hall–Kier alpha value is -0.500. The molecule has 0 amide bonds. The molecule has 2 N–H and O–H groups in total. The van der Waals surface area contributed by atoms with Crippen LogP contribution in [-0.2, 0) is 11.4 Å². The van der Waals surface area contributed by atoms with E-state index in [1.54, 1.807) is 11.3 Å². The van der Waals surface area contributed by atoms with E-state index in [1.165, 1.54) is 4.90 Å². The molecule has 1 aromatic rings. The summed E-state index contributed by atoms with van der Waals surface area (Å²) in [5.41, 5.74) is 0. The molecule has 0 unspecified atom stereocenters. The van der Waals surface area contributed by atoms with E-state index >= 15 is 0 Å². The number of hydrogen-bond acceptors (Lipinski definition) is 5. The SMILES string of the molecule is CCCNc1nn(C[NH+]2CCOCC2)c(=S)s1. The topological polar surface area (TPSA) is 43.5 Å². The van der Waals surface area contributed by atoms with Crippen LogP contribution in [0.1, 0.15) is 13.3 Å². The normalized spacial score (nSPS) is 17.2. The number of morpholine rings is 1. The Morgan fingerprint density at radius 1 is 1.53 bits per heavy atom. The molecular formula is C10H19N4OS2+. The van der Waals surface area contributed by atoms with Gasteiger partial charge in [-0.2, -0.15) is 4.68 Å². The van der Waals surface area contributed by atoms with Crippen LogP contribution >= 0.6 is 23.6 Å². The first kappa shape index (κ1) is 12.9. The highest BCUT2D eigenvalue weighted by Gasteiger charge is 2.15. The molecular weight excluding hydrogens is 256 g/mol. The lowest BCUT2D eigenvalue weighted by molar-refractivity contribution is -0.930. The van der Waals surface area contributed by atoms with Crippen molar-refractivity contribution in [2.45, 2.75) is 20.0 Å². The Morgan fingerprint density at radius 3 is 3.00 bits per heavy atom. The fourth-order valence-electron chi connectivity index (χ4n) is 1.74. The Balaban J connectivity index is 1.95. The molecule has 1 aliphatic heterocycles. The highest BCUT2D eigenvalue weighted by molar-refractivity contribution is 7.73. The highest BCUT2D eigenvalue weighted by Crippen LogP contribution is 2.13. The molecule has 0 saturated carbocycles. The van der Waals surface area contributed by atoms with Crippen molar-refractivity contribution in [3.05, 3.63) is 3.95 Å². The molecule has 1 aromatic heterocycles. The maximum atomic E-state index is 5.34. The van der Waals surface area contributed by atoms with Crippen molar-refractivity contribution < 1.29 is 9.64 Å². The van der Waals surface area contributed by atoms with Crippen molar-refractivity contribution in [1.82, 2.24) is 9.78 Å². The van der Waals surface area contributed by atoms with E-state index in [4.69, 9.17) is 17.0 Å². The van der Waals surface area contributed by atoms with E-state index in [0.29, 0.717) is 0 Å². The predicted molar refractivity (Wildman–Crippen MR) is 71.2 cm³/mol. The maximum absolute atomic E-state index is 5.34. The highest BCUT2D eigenvalue weighted by atomic mass is 32.1. The smallest absolute Gasteiger partial charge is 0.204 e. The molecule has 0 spiro atoms. The van der Waals surface area contributed by atoms with Gasteiger partial charge in [-0.25, -0.2) is 0 Å². The van der Waals surface area contributed by atoms with Crippen LogP contribution in [0.5, 0.6) is 0 Å². The van der Waals surface area contributed by atoms with Gasteiger partial charge in [-0.15, -0.1) is 5.10 Å². The van der Waals surface area contributed by atoms with E-state index in [9.17, 15) is 0 Å². The van der Waals surface area contributed by atoms with Crippen molar-refractivity contribution in [3.8, 4) is 0 Å². The molecule has 2 heterocycles. The quantitative estimate of drug-likeness (QED) is 0.762. The number of quaternary nitrogens is 1. The van der Waals surface area contributed by atoms with Gasteiger partial charge in [0.2, 0.25) is 5.13 Å². The first-order valence-corrected chi connectivity index (χ1v) is 7.25. The summed E-state index contributed by atoms with van der Waals surface area (Å²) < 4.78 is 8.12. The minimum Gasteiger partial charge on any atom is -0.370 e. The lowest BCUT2D eigenvalue weighted by atomic mass is 10.4. The minimum absolute atomic E-state index is 0.841. The largest absolute Gasteiger partial charge is 0.370 e. The van der Waals surface area contributed by atoms with Crippen LogP contribution in [0.25, 0.3) is 0 Å². The molecule has 96 valence electrons. The van der Waals surface area contributed by atoms with Gasteiger partial charge in [0.25, 0.3) is 0 Å². The molecule has 0 bridgehead atoms. The van der Waals surface area contributed by atoms with E-state index < -0.39 is 0 Å². The van der Waals surface area contributed by atoms with Crippen molar-refractivity contribution in [1.29, 1.82) is 0 Å². The lowest BCUT2D eigenvalue weighted by Gasteiger charge is -2.23. The van der Waals surface area contributed by atoms with Gasteiger partial charge in [0.1, 0.15) is 13.1 Å². The molecule has 7 heteroatoms. The van der Waals surface area contributed by atoms with E-state index in [2.05, 4.69) is 17.3 Å². The van der Waals surface area contributed by atoms with Gasteiger partial charge in [-0.3, -0.25) is 0 Å². The summed E-state index contributed by atoms with van der Waals surface area (Å²) in [5, 5.41) is 8.71. The fourth-order valence-corrected chi connectivity index (χ4v) is 2.77. The molecule has 2 rings (SSSR count). The Morgan fingerprint density at radius 2 is 2.29 bits per heavy atom. The molecule has 0 atom stereocenters. The second-order valence-corrected chi connectivity index (χ2v) is 5.74. The average molecular weight is 275 g/mol. The first-order valence-electron chi connectivity index (χ1n) is 6.02. The Labute approximate surface area is 110 Å². The van der Waals surface area contributed by atoms with Gasteiger partial charge in [-0.1, -0.05) is 18.3 Å². The number of nitrogens with one attached hydrogen (secondary N) is 2. The third kappa shape index (κ3) is 3.74. The fraction of sp³-hybridized carbons (Fsp3) is 0.800. The average Bonchev–Trinajstić information content (AvgIpc) is 2.69. The van der Waals surface area contributed by atoms with Crippen LogP contribution < -0.4 is 10.2 Å². The number of aromatic nitrogens is 2. The van der Waals surface area contributed by atoms with Crippen molar-refractivity contribution in [2.24, 2.45) is 0 Å². The monoisotopic (exact) mass is 275 g/mol. The molecule has 1 aliphatic rings. The standard InChI is InChI=1S/C10H18N4OS2/c1-2-3-11-9-12-14(10(16)17-9)8-13-4-6-15-7-5-13/h2-8H2,1H3,(H,11,12)/p+1. The van der Waals surface area contributed by atoms with Crippen LogP contribution in [0.2, 0.25) is 0 Å². The summed E-state index contributed by atoms with van der Waals surface area (Å²) in [6.07, 6.45) is 1.10. The van der Waals surface area contributed by atoms with E-state index in [0.717, 1.165) is 55.0 Å². The Bertz CT molecular complexity index is 397. The van der Waals surface area contributed by atoms with Gasteiger partial charge in [0.15, 0.2) is 10.6 Å². The molecule has 17 heavy (non-hydrogen) atoms. The van der Waals surface area contributed by atoms with Gasteiger partial charge in [-0.05, 0) is 18.6 Å². The molecule has 0 aliphatic carbocycles. The summed E-state index contributed by atoms with van der Waals surface area (Å²) in [6, 6.07) is 0. The molecule has 5 nitrogen and oxygen atoms in total. The zero-order valence-electron chi connectivity index (χ0n) is 10.1. The number of rotatable bonds is 5. The Kier molecular flexibility index (Phi) is 4.90. The number of hydrogen-bond donors (Lipinski definition) is 2. The van der Waals surface area contributed by atoms with Gasteiger partial charge in [0.05, 0.1) is 13.2 Å². The third-order valence-electron chi connectivity index (χ3n) is 2.71. The zero-order chi connectivity index (χ0) is 12.1. The second kappa shape index (κ2) is 6.44. The van der Waals surface area contributed by atoms with Crippen LogP contribution in [0.4, 0.5) is 5.13 Å². The van der Waals surface area contributed by atoms with Crippen LogP contribution in [-0.4, -0.2) is 42.6 Å². The van der Waals surface area contributed by atoms with Gasteiger partial charge in [0, 0.05) is 6.54 Å². The van der Waals surface area contributed by atoms with Gasteiger partial charge < -0.3 is 15.0 Å².